The van der Waals surface area contributed by atoms with Crippen molar-refractivity contribution in [3.63, 3.8) is 0 Å². The third-order valence-corrected chi connectivity index (χ3v) is 6.85. The largest absolute Gasteiger partial charge is 0.316 e. The van der Waals surface area contributed by atoms with Gasteiger partial charge in [-0.2, -0.15) is 0 Å². The van der Waals surface area contributed by atoms with Crippen molar-refractivity contribution < 1.29 is 4.39 Å². The van der Waals surface area contributed by atoms with Crippen LogP contribution in [0.4, 0.5) is 4.39 Å². The Kier molecular flexibility index (Phi) is 4.24. The molecular weight excluding hydrogens is 343 g/mol. The number of likely N-dealkylation sites (tertiary alicyclic amines) is 1. The number of rotatable bonds is 3. The average molecular weight is 370 g/mol. The Labute approximate surface area is 159 Å². The molecule has 0 amide bonds. The fourth-order valence-corrected chi connectivity index (χ4v) is 5.25. The van der Waals surface area contributed by atoms with Crippen LogP contribution in [-0.4, -0.2) is 57.1 Å². The van der Waals surface area contributed by atoms with Gasteiger partial charge in [0.05, 0.1) is 18.1 Å². The molecule has 144 valence electrons. The number of nitrogens with zero attached hydrogens (tertiary/aromatic N) is 5. The van der Waals surface area contributed by atoms with Crippen LogP contribution in [0.5, 0.6) is 0 Å². The van der Waals surface area contributed by atoms with Crippen molar-refractivity contribution in [3.8, 4) is 5.82 Å². The van der Waals surface area contributed by atoms with Crippen LogP contribution in [-0.2, 0) is 0 Å². The van der Waals surface area contributed by atoms with Crippen molar-refractivity contribution in [2.24, 2.45) is 5.41 Å². The zero-order valence-electron chi connectivity index (χ0n) is 15.9. The minimum Gasteiger partial charge on any atom is -0.316 e. The summed E-state index contributed by atoms with van der Waals surface area (Å²) in [5, 5.41) is 11.7. The first-order valence-corrected chi connectivity index (χ1v) is 10.1. The molecule has 1 atom stereocenters. The number of hydrogen-bond acceptors (Lipinski definition) is 5. The summed E-state index contributed by atoms with van der Waals surface area (Å²) in [6.07, 6.45) is 9.27. The lowest BCUT2D eigenvalue weighted by Gasteiger charge is -2.41. The van der Waals surface area contributed by atoms with Crippen LogP contribution in [0.1, 0.15) is 49.3 Å². The Balaban J connectivity index is 1.30. The quantitative estimate of drug-likeness (QED) is 0.899. The Morgan fingerprint density at radius 1 is 1.22 bits per heavy atom. The van der Waals surface area contributed by atoms with Crippen LogP contribution in [0, 0.1) is 18.2 Å². The molecule has 1 saturated carbocycles. The molecule has 2 saturated heterocycles. The normalized spacial score (nSPS) is 25.8. The molecule has 4 heterocycles. The van der Waals surface area contributed by atoms with Gasteiger partial charge < -0.3 is 10.2 Å². The summed E-state index contributed by atoms with van der Waals surface area (Å²) < 4.78 is 15.6. The van der Waals surface area contributed by atoms with E-state index in [1.807, 2.05) is 13.1 Å². The molecule has 2 aliphatic heterocycles. The zero-order chi connectivity index (χ0) is 18.4. The van der Waals surface area contributed by atoms with Crippen LogP contribution in [0.3, 0.4) is 0 Å². The summed E-state index contributed by atoms with van der Waals surface area (Å²) >= 11 is 0. The molecule has 0 aromatic carbocycles. The van der Waals surface area contributed by atoms with Crippen molar-refractivity contribution in [2.75, 3.05) is 26.2 Å². The van der Waals surface area contributed by atoms with Gasteiger partial charge in [0.25, 0.3) is 0 Å². The van der Waals surface area contributed by atoms with Gasteiger partial charge in [-0.1, -0.05) is 5.21 Å². The molecule has 27 heavy (non-hydrogen) atoms. The van der Waals surface area contributed by atoms with Crippen LogP contribution >= 0.6 is 0 Å². The maximum Gasteiger partial charge on any atom is 0.158 e. The minimum atomic E-state index is -0.275. The van der Waals surface area contributed by atoms with E-state index in [2.05, 4.69) is 25.5 Å². The van der Waals surface area contributed by atoms with E-state index < -0.39 is 0 Å². The van der Waals surface area contributed by atoms with Gasteiger partial charge in [-0.15, -0.1) is 5.10 Å². The van der Waals surface area contributed by atoms with Crippen molar-refractivity contribution in [1.29, 1.82) is 0 Å². The summed E-state index contributed by atoms with van der Waals surface area (Å²) in [7, 11) is 0. The predicted molar refractivity (Wildman–Crippen MR) is 100 cm³/mol. The first kappa shape index (κ1) is 17.3. The highest BCUT2D eigenvalue weighted by Crippen LogP contribution is 2.44. The first-order valence-electron chi connectivity index (χ1n) is 10.1. The molecule has 1 spiro atoms. The van der Waals surface area contributed by atoms with Gasteiger partial charge in [0.15, 0.2) is 5.82 Å². The standard InChI is InChI=1S/C20H27FN6/c1-14-11-27(25-24-14)19-18(8-16(21)10-23-19)15-3-6-26(7-4-15)17-2-5-20(9-17)12-22-13-20/h8,10-11,15,17,22H,2-7,9,12-13H2,1H3. The van der Waals surface area contributed by atoms with Crippen molar-refractivity contribution in [2.45, 2.75) is 51.0 Å². The van der Waals surface area contributed by atoms with Gasteiger partial charge in [0.1, 0.15) is 5.82 Å². The van der Waals surface area contributed by atoms with Crippen molar-refractivity contribution in [3.05, 3.63) is 35.5 Å². The molecule has 2 aromatic heterocycles. The summed E-state index contributed by atoms with van der Waals surface area (Å²) in [6, 6.07) is 2.38. The van der Waals surface area contributed by atoms with E-state index in [-0.39, 0.29) is 5.82 Å². The molecule has 1 aliphatic carbocycles. The maximum absolute atomic E-state index is 14.0. The second-order valence-electron chi connectivity index (χ2n) is 8.68. The van der Waals surface area contributed by atoms with E-state index in [0.717, 1.165) is 49.0 Å². The topological polar surface area (TPSA) is 58.9 Å². The molecule has 0 bridgehead atoms. The average Bonchev–Trinajstić information content (AvgIpc) is 3.28. The minimum absolute atomic E-state index is 0.275. The number of nitrogens with one attached hydrogen (secondary N) is 1. The maximum atomic E-state index is 14.0. The number of pyridine rings is 1. The van der Waals surface area contributed by atoms with Gasteiger partial charge >= 0.3 is 0 Å². The van der Waals surface area contributed by atoms with Gasteiger partial charge in [-0.05, 0) is 69.5 Å². The smallest absolute Gasteiger partial charge is 0.158 e. The third kappa shape index (κ3) is 3.17. The lowest BCUT2D eigenvalue weighted by atomic mass is 9.80. The summed E-state index contributed by atoms with van der Waals surface area (Å²) in [4.78, 5) is 7.01. The van der Waals surface area contributed by atoms with Crippen molar-refractivity contribution in [1.82, 2.24) is 30.2 Å². The van der Waals surface area contributed by atoms with Gasteiger partial charge in [-0.3, -0.25) is 0 Å². The molecule has 7 heteroatoms. The SMILES string of the molecule is Cc1cn(-c2ncc(F)cc2C2CCN(C3CCC4(CNC4)C3)CC2)nn1. The number of aromatic nitrogens is 4. The van der Waals surface area contributed by atoms with Crippen LogP contribution in [0.15, 0.2) is 18.5 Å². The predicted octanol–water partition coefficient (Wildman–Crippen LogP) is 2.43. The summed E-state index contributed by atoms with van der Waals surface area (Å²) in [5.74, 6) is 0.767. The first-order chi connectivity index (χ1) is 13.1. The highest BCUT2D eigenvalue weighted by molar-refractivity contribution is 5.36. The van der Waals surface area contributed by atoms with Crippen LogP contribution in [0.25, 0.3) is 5.82 Å². The summed E-state index contributed by atoms with van der Waals surface area (Å²) in [5.41, 5.74) is 2.39. The van der Waals surface area contributed by atoms with Crippen molar-refractivity contribution >= 4 is 0 Å². The van der Waals surface area contributed by atoms with Crippen LogP contribution in [0.2, 0.25) is 0 Å². The molecule has 3 fully saturated rings. The molecule has 0 radical (unpaired) electrons. The lowest BCUT2D eigenvalue weighted by molar-refractivity contribution is 0.120. The van der Waals surface area contributed by atoms with Gasteiger partial charge in [0.2, 0.25) is 0 Å². The second-order valence-corrected chi connectivity index (χ2v) is 8.68. The van der Waals surface area contributed by atoms with E-state index in [1.54, 1.807) is 10.7 Å². The summed E-state index contributed by atoms with van der Waals surface area (Å²) in [6.45, 7) is 6.48. The van der Waals surface area contributed by atoms with Crippen LogP contribution < -0.4 is 5.32 Å². The molecule has 1 unspecified atom stereocenters. The monoisotopic (exact) mass is 370 g/mol. The third-order valence-electron chi connectivity index (χ3n) is 6.85. The highest BCUT2D eigenvalue weighted by Gasteiger charge is 2.45. The molecule has 6 nitrogen and oxygen atoms in total. The Bertz CT molecular complexity index is 822. The van der Waals surface area contributed by atoms with E-state index >= 15 is 0 Å². The Morgan fingerprint density at radius 2 is 2.04 bits per heavy atom. The number of aryl methyl sites for hydroxylation is 1. The lowest BCUT2D eigenvalue weighted by Crippen LogP contribution is -2.52. The Hall–Kier alpha value is -1.86. The highest BCUT2D eigenvalue weighted by atomic mass is 19.1. The number of piperidine rings is 1. The molecular formula is C20H27FN6. The van der Waals surface area contributed by atoms with Gasteiger partial charge in [-0.25, -0.2) is 14.1 Å². The second kappa shape index (κ2) is 6.63. The van der Waals surface area contributed by atoms with E-state index in [0.29, 0.717) is 11.3 Å². The van der Waals surface area contributed by atoms with E-state index in [4.69, 9.17) is 0 Å². The zero-order valence-corrected chi connectivity index (χ0v) is 15.9. The fraction of sp³-hybridized carbons (Fsp3) is 0.650. The molecule has 1 N–H and O–H groups in total. The fourth-order valence-electron chi connectivity index (χ4n) is 5.25. The number of hydrogen-bond donors (Lipinski definition) is 1. The molecule has 5 rings (SSSR count). The molecule has 3 aliphatic rings. The van der Waals surface area contributed by atoms with E-state index in [1.165, 1.54) is 38.5 Å². The van der Waals surface area contributed by atoms with Gasteiger partial charge in [0, 0.05) is 24.7 Å². The number of halogens is 1. The molecule has 2 aromatic rings. The van der Waals surface area contributed by atoms with E-state index in [9.17, 15) is 4.39 Å². The Morgan fingerprint density at radius 3 is 2.67 bits per heavy atom.